The minimum absolute atomic E-state index is 0.0637. The Bertz CT molecular complexity index is 696. The van der Waals surface area contributed by atoms with Crippen molar-refractivity contribution in [2.45, 2.75) is 13.3 Å². The van der Waals surface area contributed by atoms with E-state index in [9.17, 15) is 9.59 Å². The second-order valence-electron chi connectivity index (χ2n) is 5.72. The van der Waals surface area contributed by atoms with E-state index >= 15 is 0 Å². The van der Waals surface area contributed by atoms with Crippen LogP contribution in [0.1, 0.15) is 23.7 Å². The first-order valence-electron chi connectivity index (χ1n) is 7.84. The third-order valence-electron chi connectivity index (χ3n) is 4.13. The molecule has 23 heavy (non-hydrogen) atoms. The Hall–Kier alpha value is -2.14. The summed E-state index contributed by atoms with van der Waals surface area (Å²) < 4.78 is 0. The summed E-state index contributed by atoms with van der Waals surface area (Å²) in [6.45, 7) is 4.26. The largest absolute Gasteiger partial charge is 0.341 e. The minimum Gasteiger partial charge on any atom is -0.341 e. The Morgan fingerprint density at radius 2 is 1.70 bits per heavy atom. The topological polar surface area (TPSA) is 40.6 Å². The lowest BCUT2D eigenvalue weighted by Gasteiger charge is -2.20. The molecule has 2 heterocycles. The van der Waals surface area contributed by atoms with Crippen molar-refractivity contribution in [1.29, 1.82) is 0 Å². The standard InChI is InChI=1S/C18H20N2O2S/c1-14(21)19-8-5-9-20(11-10-19)18(22)16-12-17(23-13-16)15-6-3-2-4-7-15/h2-4,6-7,12-13H,5,8-11H2,1H3. The van der Waals surface area contributed by atoms with Gasteiger partial charge in [0.1, 0.15) is 0 Å². The quantitative estimate of drug-likeness (QED) is 0.850. The molecule has 0 atom stereocenters. The molecule has 4 nitrogen and oxygen atoms in total. The van der Waals surface area contributed by atoms with Gasteiger partial charge in [-0.05, 0) is 18.1 Å². The van der Waals surface area contributed by atoms with Crippen molar-refractivity contribution in [2.24, 2.45) is 0 Å². The van der Waals surface area contributed by atoms with Gasteiger partial charge in [0, 0.05) is 43.4 Å². The molecule has 5 heteroatoms. The molecule has 0 spiro atoms. The van der Waals surface area contributed by atoms with E-state index in [1.54, 1.807) is 18.3 Å². The molecule has 0 aliphatic carbocycles. The number of rotatable bonds is 2. The lowest BCUT2D eigenvalue weighted by molar-refractivity contribution is -0.128. The smallest absolute Gasteiger partial charge is 0.254 e. The van der Waals surface area contributed by atoms with E-state index in [-0.39, 0.29) is 11.8 Å². The molecule has 0 bridgehead atoms. The Kier molecular flexibility index (Phi) is 4.76. The molecule has 1 aliphatic rings. The molecule has 3 rings (SSSR count). The maximum atomic E-state index is 12.7. The zero-order chi connectivity index (χ0) is 16.2. The first-order valence-corrected chi connectivity index (χ1v) is 8.72. The van der Waals surface area contributed by atoms with Crippen LogP contribution in [0.25, 0.3) is 10.4 Å². The molecule has 1 aromatic carbocycles. The van der Waals surface area contributed by atoms with E-state index in [1.807, 2.05) is 39.4 Å². The van der Waals surface area contributed by atoms with Gasteiger partial charge in [0.05, 0.1) is 5.56 Å². The van der Waals surface area contributed by atoms with Gasteiger partial charge >= 0.3 is 0 Å². The highest BCUT2D eigenvalue weighted by molar-refractivity contribution is 7.13. The highest BCUT2D eigenvalue weighted by Crippen LogP contribution is 2.27. The van der Waals surface area contributed by atoms with Gasteiger partial charge in [-0.25, -0.2) is 0 Å². The van der Waals surface area contributed by atoms with Crippen LogP contribution in [-0.2, 0) is 4.79 Å². The maximum absolute atomic E-state index is 12.7. The van der Waals surface area contributed by atoms with Crippen LogP contribution in [-0.4, -0.2) is 47.8 Å². The van der Waals surface area contributed by atoms with Crippen LogP contribution in [0.15, 0.2) is 41.8 Å². The summed E-state index contributed by atoms with van der Waals surface area (Å²) in [6.07, 6.45) is 0.834. The van der Waals surface area contributed by atoms with Crippen LogP contribution in [0.4, 0.5) is 0 Å². The summed E-state index contributed by atoms with van der Waals surface area (Å²) >= 11 is 1.59. The van der Waals surface area contributed by atoms with Crippen molar-refractivity contribution in [3.05, 3.63) is 47.3 Å². The van der Waals surface area contributed by atoms with Crippen molar-refractivity contribution < 1.29 is 9.59 Å². The third-order valence-corrected chi connectivity index (χ3v) is 5.11. The molecule has 1 fully saturated rings. The molecular formula is C18H20N2O2S. The third kappa shape index (κ3) is 3.62. The van der Waals surface area contributed by atoms with Crippen molar-refractivity contribution in [3.8, 4) is 10.4 Å². The van der Waals surface area contributed by atoms with Crippen molar-refractivity contribution in [3.63, 3.8) is 0 Å². The second-order valence-corrected chi connectivity index (χ2v) is 6.63. The summed E-state index contributed by atoms with van der Waals surface area (Å²) in [7, 11) is 0. The van der Waals surface area contributed by atoms with E-state index in [0.29, 0.717) is 19.6 Å². The predicted octanol–water partition coefficient (Wildman–Crippen LogP) is 3.11. The average Bonchev–Trinajstić information content (AvgIpc) is 2.92. The SMILES string of the molecule is CC(=O)N1CCCN(C(=O)c2csc(-c3ccccc3)c2)CC1. The lowest BCUT2D eigenvalue weighted by atomic mass is 10.1. The Balaban J connectivity index is 1.71. The molecule has 120 valence electrons. The van der Waals surface area contributed by atoms with Crippen LogP contribution in [0, 0.1) is 0 Å². The first-order chi connectivity index (χ1) is 11.1. The molecule has 0 saturated carbocycles. The number of benzene rings is 1. The van der Waals surface area contributed by atoms with Gasteiger partial charge in [-0.2, -0.15) is 0 Å². The zero-order valence-electron chi connectivity index (χ0n) is 13.2. The van der Waals surface area contributed by atoms with Crippen LogP contribution < -0.4 is 0 Å². The molecule has 1 aromatic heterocycles. The van der Waals surface area contributed by atoms with E-state index in [2.05, 4.69) is 12.1 Å². The number of nitrogens with zero attached hydrogens (tertiary/aromatic N) is 2. The fourth-order valence-electron chi connectivity index (χ4n) is 2.82. The Labute approximate surface area is 140 Å². The zero-order valence-corrected chi connectivity index (χ0v) is 14.0. The number of hydrogen-bond donors (Lipinski definition) is 0. The lowest BCUT2D eigenvalue weighted by Crippen LogP contribution is -2.36. The molecule has 1 saturated heterocycles. The number of hydrogen-bond acceptors (Lipinski definition) is 3. The molecule has 2 amide bonds. The van der Waals surface area contributed by atoms with E-state index < -0.39 is 0 Å². The summed E-state index contributed by atoms with van der Waals surface area (Å²) in [5, 5.41) is 1.93. The number of thiophene rings is 1. The second kappa shape index (κ2) is 6.96. The fraction of sp³-hybridized carbons (Fsp3) is 0.333. The highest BCUT2D eigenvalue weighted by atomic mass is 32.1. The summed E-state index contributed by atoms with van der Waals surface area (Å²) in [5.41, 5.74) is 1.88. The molecule has 0 unspecified atom stereocenters. The number of carbonyl (C=O) groups excluding carboxylic acids is 2. The van der Waals surface area contributed by atoms with E-state index in [1.165, 1.54) is 0 Å². The van der Waals surface area contributed by atoms with Crippen molar-refractivity contribution in [1.82, 2.24) is 9.80 Å². The van der Waals surface area contributed by atoms with Gasteiger partial charge in [-0.1, -0.05) is 30.3 Å². The molecular weight excluding hydrogens is 308 g/mol. The predicted molar refractivity (Wildman–Crippen MR) is 92.5 cm³/mol. The Morgan fingerprint density at radius 1 is 1.00 bits per heavy atom. The van der Waals surface area contributed by atoms with Crippen LogP contribution in [0.2, 0.25) is 0 Å². The molecule has 2 aromatic rings. The average molecular weight is 328 g/mol. The van der Waals surface area contributed by atoms with Gasteiger partial charge in [0.25, 0.3) is 5.91 Å². The van der Waals surface area contributed by atoms with E-state index in [0.717, 1.165) is 29.0 Å². The Morgan fingerprint density at radius 3 is 2.43 bits per heavy atom. The normalized spacial score (nSPS) is 15.3. The summed E-state index contributed by atoms with van der Waals surface area (Å²) in [5.74, 6) is 0.148. The van der Waals surface area contributed by atoms with Gasteiger partial charge in [0.15, 0.2) is 0 Å². The number of amides is 2. The maximum Gasteiger partial charge on any atom is 0.254 e. The van der Waals surface area contributed by atoms with Crippen LogP contribution in [0.3, 0.4) is 0 Å². The van der Waals surface area contributed by atoms with Gasteiger partial charge in [0.2, 0.25) is 5.91 Å². The van der Waals surface area contributed by atoms with Crippen molar-refractivity contribution >= 4 is 23.2 Å². The summed E-state index contributed by atoms with van der Waals surface area (Å²) in [6, 6.07) is 12.1. The molecule has 0 radical (unpaired) electrons. The van der Waals surface area contributed by atoms with Gasteiger partial charge < -0.3 is 9.80 Å². The monoisotopic (exact) mass is 328 g/mol. The van der Waals surface area contributed by atoms with Gasteiger partial charge in [-0.15, -0.1) is 11.3 Å². The van der Waals surface area contributed by atoms with E-state index in [4.69, 9.17) is 0 Å². The first kappa shape index (κ1) is 15.7. The highest BCUT2D eigenvalue weighted by Gasteiger charge is 2.22. The fourth-order valence-corrected chi connectivity index (χ4v) is 3.71. The molecule has 0 N–H and O–H groups in total. The van der Waals surface area contributed by atoms with Crippen LogP contribution >= 0.6 is 11.3 Å². The van der Waals surface area contributed by atoms with Crippen molar-refractivity contribution in [2.75, 3.05) is 26.2 Å². The van der Waals surface area contributed by atoms with Crippen LogP contribution in [0.5, 0.6) is 0 Å². The number of carbonyl (C=O) groups is 2. The van der Waals surface area contributed by atoms with Gasteiger partial charge in [-0.3, -0.25) is 9.59 Å². The minimum atomic E-state index is 0.0637. The summed E-state index contributed by atoms with van der Waals surface area (Å²) in [4.78, 5) is 29.0. The molecule has 1 aliphatic heterocycles.